The molecular formula is C7H9CaO3+. The van der Waals surface area contributed by atoms with Crippen molar-refractivity contribution in [3.8, 4) is 0 Å². The van der Waals surface area contributed by atoms with E-state index in [0.717, 1.165) is 0 Å². The number of carbonyl (C=O) groups excluding carboxylic acids is 2. The third-order valence-electron chi connectivity index (χ3n) is 1.13. The smallest absolute Gasteiger partial charge is 0.550 e. The quantitative estimate of drug-likeness (QED) is 0.425. The minimum absolute atomic E-state index is 0. The number of rotatable bonds is 4. The Hall–Kier alpha value is 0.140. The zero-order valence-corrected chi connectivity index (χ0v) is 8.76. The van der Waals surface area contributed by atoms with Crippen LogP contribution in [0, 0.1) is 0 Å². The van der Waals surface area contributed by atoms with Gasteiger partial charge in [0.15, 0.2) is 5.78 Å². The number of allylic oxidation sites excluding steroid dienone is 1. The molecule has 4 heteroatoms. The molecule has 0 aromatic rings. The van der Waals surface area contributed by atoms with Gasteiger partial charge in [0.1, 0.15) is 0 Å². The summed E-state index contributed by atoms with van der Waals surface area (Å²) >= 11 is 0. The molecule has 0 aromatic heterocycles. The van der Waals surface area contributed by atoms with Crippen LogP contribution in [0.5, 0.6) is 0 Å². The number of carboxylic acids is 1. The fourth-order valence-electron chi connectivity index (χ4n) is 0.429. The summed E-state index contributed by atoms with van der Waals surface area (Å²) in [5, 5.41) is 9.86. The average molecular weight is 181 g/mol. The van der Waals surface area contributed by atoms with Crippen molar-refractivity contribution in [1.29, 1.82) is 0 Å². The van der Waals surface area contributed by atoms with Crippen molar-refractivity contribution in [2.75, 3.05) is 0 Å². The van der Waals surface area contributed by atoms with Crippen LogP contribution in [0.15, 0.2) is 12.2 Å². The van der Waals surface area contributed by atoms with E-state index in [1.54, 1.807) is 0 Å². The van der Waals surface area contributed by atoms with Crippen LogP contribution >= 0.6 is 0 Å². The van der Waals surface area contributed by atoms with Crippen molar-refractivity contribution < 1.29 is 14.7 Å². The topological polar surface area (TPSA) is 57.2 Å². The van der Waals surface area contributed by atoms with Crippen LogP contribution < -0.4 is 5.11 Å². The van der Waals surface area contributed by atoms with Crippen LogP contribution in [-0.4, -0.2) is 49.5 Å². The predicted octanol–water partition coefficient (Wildman–Crippen LogP) is -0.719. The van der Waals surface area contributed by atoms with Crippen LogP contribution in [0.2, 0.25) is 0 Å². The first kappa shape index (κ1) is 13.7. The van der Waals surface area contributed by atoms with E-state index in [1.807, 2.05) is 0 Å². The summed E-state index contributed by atoms with van der Waals surface area (Å²) in [6, 6.07) is 0. The van der Waals surface area contributed by atoms with Gasteiger partial charge >= 0.3 is 37.7 Å². The Balaban J connectivity index is 0. The van der Waals surface area contributed by atoms with Gasteiger partial charge in [0.2, 0.25) is 0 Å². The van der Waals surface area contributed by atoms with E-state index in [4.69, 9.17) is 0 Å². The maximum absolute atomic E-state index is 10.4. The maximum atomic E-state index is 10.4. The van der Waals surface area contributed by atoms with Crippen molar-refractivity contribution in [2.45, 2.75) is 19.8 Å². The molecule has 0 aliphatic rings. The van der Waals surface area contributed by atoms with Crippen molar-refractivity contribution in [2.24, 2.45) is 0 Å². The van der Waals surface area contributed by atoms with E-state index in [1.165, 1.54) is 6.92 Å². The summed E-state index contributed by atoms with van der Waals surface area (Å²) in [7, 11) is 0. The van der Waals surface area contributed by atoms with Gasteiger partial charge in [-0.25, -0.2) is 0 Å². The SMILES string of the molecule is C=C(CCC(=O)[O-])C(C)=O.[Ca+2]. The first-order chi connectivity index (χ1) is 4.54. The van der Waals surface area contributed by atoms with E-state index in [-0.39, 0.29) is 56.4 Å². The Labute approximate surface area is 95.5 Å². The Bertz CT molecular complexity index is 175. The van der Waals surface area contributed by atoms with E-state index in [9.17, 15) is 14.7 Å². The number of hydrogen-bond acceptors (Lipinski definition) is 3. The number of ketones is 1. The van der Waals surface area contributed by atoms with Gasteiger partial charge in [0.05, 0.1) is 0 Å². The number of hydrogen-bond donors (Lipinski definition) is 0. The molecular weight excluding hydrogens is 172 g/mol. The number of carbonyl (C=O) groups is 2. The molecule has 56 valence electrons. The summed E-state index contributed by atoms with van der Waals surface area (Å²) < 4.78 is 0. The van der Waals surface area contributed by atoms with E-state index < -0.39 is 5.97 Å². The summed E-state index contributed by atoms with van der Waals surface area (Å²) in [6.45, 7) is 4.74. The average Bonchev–Trinajstić information content (AvgIpc) is 1.82. The third-order valence-corrected chi connectivity index (χ3v) is 1.13. The van der Waals surface area contributed by atoms with Crippen molar-refractivity contribution in [1.82, 2.24) is 0 Å². The molecule has 0 unspecified atom stereocenters. The second-order valence-electron chi connectivity index (χ2n) is 2.03. The monoisotopic (exact) mass is 181 g/mol. The molecule has 0 aromatic carbocycles. The Morgan fingerprint density at radius 2 is 1.82 bits per heavy atom. The van der Waals surface area contributed by atoms with E-state index in [2.05, 4.69) is 6.58 Å². The Morgan fingerprint density at radius 3 is 2.09 bits per heavy atom. The predicted molar refractivity (Wildman–Crippen MR) is 39.8 cm³/mol. The van der Waals surface area contributed by atoms with Crippen LogP contribution in [0.4, 0.5) is 0 Å². The van der Waals surface area contributed by atoms with Crippen molar-refractivity contribution in [3.05, 3.63) is 12.2 Å². The van der Waals surface area contributed by atoms with Gasteiger partial charge in [-0.3, -0.25) is 4.79 Å². The Morgan fingerprint density at radius 1 is 1.36 bits per heavy atom. The third kappa shape index (κ3) is 8.04. The largest absolute Gasteiger partial charge is 2.00 e. The molecule has 0 N–H and O–H groups in total. The molecule has 0 heterocycles. The fourth-order valence-corrected chi connectivity index (χ4v) is 0.429. The first-order valence-corrected chi connectivity index (χ1v) is 2.92. The molecule has 0 radical (unpaired) electrons. The number of aliphatic carboxylic acids is 1. The van der Waals surface area contributed by atoms with E-state index >= 15 is 0 Å². The molecule has 0 aliphatic carbocycles. The summed E-state index contributed by atoms with van der Waals surface area (Å²) in [5.74, 6) is -1.32. The van der Waals surface area contributed by atoms with Gasteiger partial charge in [-0.2, -0.15) is 0 Å². The second-order valence-corrected chi connectivity index (χ2v) is 2.03. The molecule has 0 spiro atoms. The first-order valence-electron chi connectivity index (χ1n) is 2.92. The molecule has 0 saturated heterocycles. The number of Topliss-reactive ketones (excluding diaryl/α,β-unsaturated/α-hetero) is 1. The van der Waals surface area contributed by atoms with Crippen LogP contribution in [-0.2, 0) is 9.59 Å². The standard InChI is InChI=1S/C7H10O3.Ca/c1-5(6(2)8)3-4-7(9)10;/h1,3-4H2,2H3,(H,9,10);/q;+2/p-1. The normalized spacial score (nSPS) is 8.09. The van der Waals surface area contributed by atoms with Crippen LogP contribution in [0.1, 0.15) is 19.8 Å². The molecule has 3 nitrogen and oxygen atoms in total. The number of carboxylic acid groups (broad SMARTS) is 1. The van der Waals surface area contributed by atoms with Gasteiger partial charge in [0.25, 0.3) is 0 Å². The maximum Gasteiger partial charge on any atom is 2.00 e. The van der Waals surface area contributed by atoms with Gasteiger partial charge in [-0.15, -0.1) is 0 Å². The molecule has 0 fully saturated rings. The summed E-state index contributed by atoms with van der Waals surface area (Å²) in [6.07, 6.45) is 0.0656. The molecule has 0 saturated carbocycles. The van der Waals surface area contributed by atoms with Gasteiger partial charge in [0, 0.05) is 5.97 Å². The summed E-state index contributed by atoms with van der Waals surface area (Å²) in [4.78, 5) is 20.3. The minimum Gasteiger partial charge on any atom is -0.550 e. The summed E-state index contributed by atoms with van der Waals surface area (Å²) in [5.41, 5.74) is 0.337. The Kier molecular flexibility index (Phi) is 8.51. The van der Waals surface area contributed by atoms with Crippen molar-refractivity contribution >= 4 is 49.5 Å². The zero-order chi connectivity index (χ0) is 8.15. The molecule has 0 atom stereocenters. The molecule has 0 amide bonds. The van der Waals surface area contributed by atoms with Gasteiger partial charge < -0.3 is 9.90 Å². The van der Waals surface area contributed by atoms with Crippen molar-refractivity contribution in [3.63, 3.8) is 0 Å². The van der Waals surface area contributed by atoms with Crippen LogP contribution in [0.25, 0.3) is 0 Å². The van der Waals surface area contributed by atoms with Gasteiger partial charge in [-0.1, -0.05) is 6.58 Å². The van der Waals surface area contributed by atoms with E-state index in [0.29, 0.717) is 5.57 Å². The zero-order valence-electron chi connectivity index (χ0n) is 6.55. The minimum atomic E-state index is -1.15. The van der Waals surface area contributed by atoms with Crippen LogP contribution in [0.3, 0.4) is 0 Å². The molecule has 0 rings (SSSR count). The van der Waals surface area contributed by atoms with Gasteiger partial charge in [-0.05, 0) is 25.3 Å². The molecule has 0 bridgehead atoms. The second kappa shape index (κ2) is 6.83. The molecule has 11 heavy (non-hydrogen) atoms. The fraction of sp³-hybridized carbons (Fsp3) is 0.429. The molecule has 0 aliphatic heterocycles.